The van der Waals surface area contributed by atoms with Crippen molar-refractivity contribution in [3.63, 3.8) is 0 Å². The first kappa shape index (κ1) is 19.4. The van der Waals surface area contributed by atoms with Crippen molar-refractivity contribution >= 4 is 23.6 Å². The van der Waals surface area contributed by atoms with Gasteiger partial charge in [0.05, 0.1) is 0 Å². The van der Waals surface area contributed by atoms with Crippen molar-refractivity contribution in [3.05, 3.63) is 59.2 Å². The number of halogens is 2. The van der Waals surface area contributed by atoms with Crippen LogP contribution in [0.5, 0.6) is 0 Å². The predicted molar refractivity (Wildman–Crippen MR) is 101 cm³/mol. The lowest BCUT2D eigenvalue weighted by atomic mass is 9.91. The minimum absolute atomic E-state index is 0.0508. The molecule has 2 aromatic carbocycles. The summed E-state index contributed by atoms with van der Waals surface area (Å²) in [7, 11) is 0. The fourth-order valence-electron chi connectivity index (χ4n) is 3.21. The van der Waals surface area contributed by atoms with Crippen LogP contribution in [-0.2, 0) is 4.79 Å². The van der Waals surface area contributed by atoms with Crippen LogP contribution in [0.1, 0.15) is 28.8 Å². The molecule has 3 rings (SSSR count). The maximum Gasteiger partial charge on any atom is 0.329 e. The first-order valence-electron chi connectivity index (χ1n) is 8.52. The molecule has 1 aliphatic heterocycles. The normalized spacial score (nSPS) is 16.0. The number of thioether (sulfide) groups is 1. The lowest BCUT2D eigenvalue weighted by molar-refractivity contribution is -0.144. The third kappa shape index (κ3) is 3.98. The number of hydrogen-bond acceptors (Lipinski definition) is 3. The van der Waals surface area contributed by atoms with Crippen LogP contribution in [0, 0.1) is 18.6 Å². The van der Waals surface area contributed by atoms with Gasteiger partial charge < -0.3 is 10.4 Å². The summed E-state index contributed by atoms with van der Waals surface area (Å²) in [4.78, 5) is 24.2. The van der Waals surface area contributed by atoms with Crippen molar-refractivity contribution < 1.29 is 23.5 Å². The first-order chi connectivity index (χ1) is 12.8. The molecule has 1 fully saturated rings. The third-order valence-corrected chi connectivity index (χ3v) is 5.80. The molecule has 0 aliphatic carbocycles. The van der Waals surface area contributed by atoms with Gasteiger partial charge in [-0.25, -0.2) is 13.6 Å². The maximum absolute atomic E-state index is 14.6. The van der Waals surface area contributed by atoms with E-state index >= 15 is 0 Å². The van der Waals surface area contributed by atoms with Gasteiger partial charge in [-0.2, -0.15) is 11.8 Å². The summed E-state index contributed by atoms with van der Waals surface area (Å²) in [5.41, 5.74) is 0.106. The van der Waals surface area contributed by atoms with E-state index in [1.54, 1.807) is 18.7 Å². The molecular formula is C20H19F2NO3S. The Hall–Kier alpha value is -2.41. The number of carbonyl (C=O) groups is 2. The van der Waals surface area contributed by atoms with Gasteiger partial charge in [0.2, 0.25) is 0 Å². The van der Waals surface area contributed by atoms with E-state index in [4.69, 9.17) is 0 Å². The second kappa shape index (κ2) is 7.68. The average molecular weight is 391 g/mol. The summed E-state index contributed by atoms with van der Waals surface area (Å²) < 4.78 is 27.9. The van der Waals surface area contributed by atoms with Crippen molar-refractivity contribution in [2.75, 3.05) is 11.5 Å². The third-order valence-electron chi connectivity index (χ3n) is 4.82. The van der Waals surface area contributed by atoms with E-state index in [0.29, 0.717) is 35.5 Å². The summed E-state index contributed by atoms with van der Waals surface area (Å²) in [6.45, 7) is 1.68. The molecule has 1 aliphatic rings. The van der Waals surface area contributed by atoms with Crippen LogP contribution in [0.25, 0.3) is 11.1 Å². The molecule has 27 heavy (non-hydrogen) atoms. The first-order valence-corrected chi connectivity index (χ1v) is 9.68. The van der Waals surface area contributed by atoms with Crippen molar-refractivity contribution in [3.8, 4) is 11.1 Å². The highest BCUT2D eigenvalue weighted by Gasteiger charge is 2.41. The number of nitrogens with one attached hydrogen (secondary N) is 1. The highest BCUT2D eigenvalue weighted by Crippen LogP contribution is 2.29. The molecule has 0 unspecified atom stereocenters. The van der Waals surface area contributed by atoms with E-state index in [9.17, 15) is 23.5 Å². The number of carbonyl (C=O) groups excluding carboxylic acids is 1. The van der Waals surface area contributed by atoms with Gasteiger partial charge in [-0.15, -0.1) is 0 Å². The molecule has 0 spiro atoms. The highest BCUT2D eigenvalue weighted by molar-refractivity contribution is 7.99. The molecule has 0 aromatic heterocycles. The van der Waals surface area contributed by atoms with Crippen LogP contribution in [0.3, 0.4) is 0 Å². The molecule has 4 nitrogen and oxygen atoms in total. The number of benzene rings is 2. The molecule has 1 saturated heterocycles. The van der Waals surface area contributed by atoms with Gasteiger partial charge in [0.1, 0.15) is 17.2 Å². The molecule has 1 amide bonds. The van der Waals surface area contributed by atoms with Gasteiger partial charge in [0.25, 0.3) is 5.91 Å². The van der Waals surface area contributed by atoms with Crippen LogP contribution >= 0.6 is 11.8 Å². The molecule has 2 N–H and O–H groups in total. The van der Waals surface area contributed by atoms with Gasteiger partial charge in [-0.3, -0.25) is 4.79 Å². The fraction of sp³-hybridized carbons (Fsp3) is 0.300. The molecule has 0 radical (unpaired) electrons. The topological polar surface area (TPSA) is 66.4 Å². The van der Waals surface area contributed by atoms with Gasteiger partial charge in [0, 0.05) is 11.1 Å². The number of aryl methyl sites for hydroxylation is 1. The Bertz CT molecular complexity index is 895. The lowest BCUT2D eigenvalue weighted by Gasteiger charge is -2.33. The van der Waals surface area contributed by atoms with Crippen LogP contribution in [-0.4, -0.2) is 34.0 Å². The van der Waals surface area contributed by atoms with Gasteiger partial charge in [-0.05, 0) is 66.7 Å². The summed E-state index contributed by atoms with van der Waals surface area (Å²) in [5.74, 6) is -1.44. The Morgan fingerprint density at radius 3 is 2.33 bits per heavy atom. The monoisotopic (exact) mass is 391 g/mol. The predicted octanol–water partition coefficient (Wildman–Crippen LogP) is 4.02. The van der Waals surface area contributed by atoms with Crippen LogP contribution in [0.15, 0.2) is 36.4 Å². The standard InChI is InChI=1S/C20H19F2NO3S/c1-12-10-14(21)3-5-15(12)16-4-2-13(11-17(16)22)18(24)23-20(19(25)26)6-8-27-9-7-20/h2-5,10-11H,6-9H2,1H3,(H,23,24)(H,25,26). The van der Waals surface area contributed by atoms with Gasteiger partial charge in [-0.1, -0.05) is 12.1 Å². The molecule has 2 aromatic rings. The van der Waals surface area contributed by atoms with Crippen LogP contribution in [0.2, 0.25) is 0 Å². The SMILES string of the molecule is Cc1cc(F)ccc1-c1ccc(C(=O)NC2(C(=O)O)CCSCC2)cc1F. The lowest BCUT2D eigenvalue weighted by Crippen LogP contribution is -2.56. The van der Waals surface area contributed by atoms with Crippen molar-refractivity contribution in [2.24, 2.45) is 0 Å². The molecule has 7 heteroatoms. The van der Waals surface area contributed by atoms with E-state index in [-0.39, 0.29) is 11.1 Å². The summed E-state index contributed by atoms with van der Waals surface area (Å²) in [5, 5.41) is 12.1. The number of hydrogen-bond donors (Lipinski definition) is 2. The number of aliphatic carboxylic acids is 1. The minimum Gasteiger partial charge on any atom is -0.480 e. The maximum atomic E-state index is 14.6. The summed E-state index contributed by atoms with van der Waals surface area (Å²) in [6.07, 6.45) is 0.655. The van der Waals surface area contributed by atoms with Crippen molar-refractivity contribution in [2.45, 2.75) is 25.3 Å². The molecular weight excluding hydrogens is 372 g/mol. The zero-order valence-corrected chi connectivity index (χ0v) is 15.5. The van der Waals surface area contributed by atoms with E-state index in [2.05, 4.69) is 5.32 Å². The van der Waals surface area contributed by atoms with Crippen LogP contribution < -0.4 is 5.32 Å². The van der Waals surface area contributed by atoms with Crippen LogP contribution in [0.4, 0.5) is 8.78 Å². The fourth-order valence-corrected chi connectivity index (χ4v) is 4.40. The largest absolute Gasteiger partial charge is 0.480 e. The second-order valence-electron chi connectivity index (χ2n) is 6.61. The molecule has 142 valence electrons. The van der Waals surface area contributed by atoms with E-state index in [1.807, 2.05) is 0 Å². The van der Waals surface area contributed by atoms with Gasteiger partial charge >= 0.3 is 5.97 Å². The Balaban J connectivity index is 1.86. The minimum atomic E-state index is -1.31. The Morgan fingerprint density at radius 2 is 1.74 bits per heavy atom. The molecule has 0 bridgehead atoms. The zero-order chi connectivity index (χ0) is 19.6. The number of carboxylic acids is 1. The van der Waals surface area contributed by atoms with E-state index in [1.165, 1.54) is 30.3 Å². The van der Waals surface area contributed by atoms with Crippen molar-refractivity contribution in [1.82, 2.24) is 5.32 Å². The van der Waals surface area contributed by atoms with Gasteiger partial charge in [0.15, 0.2) is 0 Å². The Kier molecular flexibility index (Phi) is 5.51. The number of rotatable bonds is 4. The summed E-state index contributed by atoms with van der Waals surface area (Å²) in [6, 6.07) is 8.04. The van der Waals surface area contributed by atoms with E-state index in [0.717, 1.165) is 6.07 Å². The average Bonchev–Trinajstić information content (AvgIpc) is 2.63. The van der Waals surface area contributed by atoms with E-state index < -0.39 is 29.0 Å². The number of carboxylic acid groups (broad SMARTS) is 1. The molecule has 1 heterocycles. The molecule has 0 saturated carbocycles. The Morgan fingerprint density at radius 1 is 1.07 bits per heavy atom. The smallest absolute Gasteiger partial charge is 0.329 e. The quantitative estimate of drug-likeness (QED) is 0.826. The second-order valence-corrected chi connectivity index (χ2v) is 7.83. The highest BCUT2D eigenvalue weighted by atomic mass is 32.2. The van der Waals surface area contributed by atoms with Crippen molar-refractivity contribution in [1.29, 1.82) is 0 Å². The summed E-state index contributed by atoms with van der Waals surface area (Å²) >= 11 is 1.64. The number of amides is 1. The zero-order valence-electron chi connectivity index (χ0n) is 14.7. The molecule has 0 atom stereocenters. The Labute approximate surface area is 160 Å².